The van der Waals surface area contributed by atoms with Crippen molar-refractivity contribution in [3.8, 4) is 0 Å². The number of nitro groups is 1. The number of rotatable bonds is 6. The Morgan fingerprint density at radius 1 is 1.21 bits per heavy atom. The molecule has 1 aliphatic rings. The van der Waals surface area contributed by atoms with E-state index in [1.165, 1.54) is 18.2 Å². The van der Waals surface area contributed by atoms with Crippen LogP contribution in [0, 0.1) is 15.9 Å². The Labute approximate surface area is 162 Å². The summed E-state index contributed by atoms with van der Waals surface area (Å²) in [4.78, 5) is 27.1. The molecule has 8 heteroatoms. The van der Waals surface area contributed by atoms with Crippen molar-refractivity contribution >= 4 is 17.3 Å². The van der Waals surface area contributed by atoms with E-state index in [9.17, 15) is 19.3 Å². The summed E-state index contributed by atoms with van der Waals surface area (Å²) in [6.07, 6.45) is 0.613. The van der Waals surface area contributed by atoms with Crippen molar-refractivity contribution in [3.63, 3.8) is 0 Å². The molecule has 0 unspecified atom stereocenters. The quantitative estimate of drug-likeness (QED) is 0.563. The molecule has 1 aliphatic heterocycles. The zero-order valence-corrected chi connectivity index (χ0v) is 15.6. The van der Waals surface area contributed by atoms with E-state index in [2.05, 4.69) is 0 Å². The number of amides is 1. The lowest BCUT2D eigenvalue weighted by atomic mass is 10.1. The Kier molecular flexibility index (Phi) is 6.20. The fraction of sp³-hybridized carbons (Fsp3) is 0.350. The van der Waals surface area contributed by atoms with Crippen LogP contribution in [0.15, 0.2) is 42.5 Å². The number of morpholine rings is 1. The highest BCUT2D eigenvalue weighted by molar-refractivity contribution is 5.95. The molecule has 0 aromatic heterocycles. The maximum absolute atomic E-state index is 13.0. The second kappa shape index (κ2) is 8.79. The number of anilines is 1. The van der Waals surface area contributed by atoms with E-state index in [0.29, 0.717) is 50.5 Å². The summed E-state index contributed by atoms with van der Waals surface area (Å²) in [5.41, 5.74) is 1.56. The number of nitrogens with zero attached hydrogens (tertiary/aromatic N) is 3. The van der Waals surface area contributed by atoms with Crippen molar-refractivity contribution < 1.29 is 18.8 Å². The van der Waals surface area contributed by atoms with Crippen LogP contribution in [0.1, 0.15) is 15.9 Å². The molecule has 7 nitrogen and oxygen atoms in total. The molecule has 0 saturated carbocycles. The van der Waals surface area contributed by atoms with Crippen LogP contribution < -0.4 is 4.90 Å². The van der Waals surface area contributed by atoms with Gasteiger partial charge in [-0.15, -0.1) is 0 Å². The molecule has 0 radical (unpaired) electrons. The monoisotopic (exact) mass is 387 g/mol. The van der Waals surface area contributed by atoms with Gasteiger partial charge in [0.2, 0.25) is 0 Å². The van der Waals surface area contributed by atoms with Crippen molar-refractivity contribution in [2.45, 2.75) is 6.42 Å². The van der Waals surface area contributed by atoms with E-state index < -0.39 is 4.92 Å². The number of carbonyl (C=O) groups is 1. The molecule has 0 atom stereocenters. The Morgan fingerprint density at radius 2 is 1.89 bits per heavy atom. The third-order valence-corrected chi connectivity index (χ3v) is 4.78. The van der Waals surface area contributed by atoms with E-state index in [-0.39, 0.29) is 17.4 Å². The van der Waals surface area contributed by atoms with Crippen LogP contribution in [0.3, 0.4) is 0 Å². The van der Waals surface area contributed by atoms with E-state index in [1.807, 2.05) is 0 Å². The van der Waals surface area contributed by atoms with Gasteiger partial charge in [0.1, 0.15) is 11.5 Å². The highest BCUT2D eigenvalue weighted by Gasteiger charge is 2.24. The first kappa shape index (κ1) is 19.8. The minimum Gasteiger partial charge on any atom is -0.378 e. The van der Waals surface area contributed by atoms with Crippen molar-refractivity contribution in [1.29, 1.82) is 0 Å². The standard InChI is InChI=1S/C20H22FN3O4/c1-22(9-8-15-2-5-17(21)6-3-15)18-7-4-16(14-19(18)24(26)27)20(25)23-10-12-28-13-11-23/h2-7,14H,8-13H2,1H3. The molecular formula is C20H22FN3O4. The summed E-state index contributed by atoms with van der Waals surface area (Å²) < 4.78 is 18.2. The fourth-order valence-electron chi connectivity index (χ4n) is 3.14. The third kappa shape index (κ3) is 4.64. The zero-order chi connectivity index (χ0) is 20.1. The molecule has 1 saturated heterocycles. The number of hydrogen-bond acceptors (Lipinski definition) is 5. The number of carbonyl (C=O) groups excluding carboxylic acids is 1. The third-order valence-electron chi connectivity index (χ3n) is 4.78. The summed E-state index contributed by atoms with van der Waals surface area (Å²) in [5, 5.41) is 11.6. The van der Waals surface area contributed by atoms with E-state index in [4.69, 9.17) is 4.74 Å². The first-order valence-corrected chi connectivity index (χ1v) is 9.07. The molecular weight excluding hydrogens is 365 g/mol. The van der Waals surface area contributed by atoms with E-state index in [0.717, 1.165) is 5.56 Å². The second-order valence-electron chi connectivity index (χ2n) is 6.66. The number of benzene rings is 2. The van der Waals surface area contributed by atoms with Crippen LogP contribution in [0.5, 0.6) is 0 Å². The summed E-state index contributed by atoms with van der Waals surface area (Å²) in [7, 11) is 1.76. The molecule has 0 aliphatic carbocycles. The molecule has 0 spiro atoms. The van der Waals surface area contributed by atoms with Gasteiger partial charge in [0.05, 0.1) is 18.1 Å². The van der Waals surface area contributed by atoms with E-state index >= 15 is 0 Å². The maximum Gasteiger partial charge on any atom is 0.293 e. The Bertz CT molecular complexity index is 851. The van der Waals surface area contributed by atoms with Gasteiger partial charge in [0.25, 0.3) is 11.6 Å². The van der Waals surface area contributed by atoms with Crippen molar-refractivity contribution in [2.75, 3.05) is 44.8 Å². The molecule has 148 valence electrons. The lowest BCUT2D eigenvalue weighted by molar-refractivity contribution is -0.384. The first-order chi connectivity index (χ1) is 13.5. The number of ether oxygens (including phenoxy) is 1. The van der Waals surface area contributed by atoms with Crippen LogP contribution in [-0.4, -0.2) is 55.6 Å². The van der Waals surface area contributed by atoms with Gasteiger partial charge in [-0.3, -0.25) is 14.9 Å². The van der Waals surface area contributed by atoms with Crippen LogP contribution in [-0.2, 0) is 11.2 Å². The topological polar surface area (TPSA) is 75.9 Å². The predicted molar refractivity (Wildman–Crippen MR) is 103 cm³/mol. The predicted octanol–water partition coefficient (Wildman–Crippen LogP) is 2.89. The SMILES string of the molecule is CN(CCc1ccc(F)cc1)c1ccc(C(=O)N2CCOCC2)cc1[N+](=O)[O-]. The van der Waals surface area contributed by atoms with Gasteiger partial charge in [-0.05, 0) is 36.2 Å². The Morgan fingerprint density at radius 3 is 2.54 bits per heavy atom. The zero-order valence-electron chi connectivity index (χ0n) is 15.6. The average Bonchev–Trinajstić information content (AvgIpc) is 2.72. The van der Waals surface area contributed by atoms with Crippen LogP contribution in [0.25, 0.3) is 0 Å². The second-order valence-corrected chi connectivity index (χ2v) is 6.66. The molecule has 2 aromatic rings. The Balaban J connectivity index is 1.75. The van der Waals surface area contributed by atoms with Gasteiger partial charge in [0, 0.05) is 38.3 Å². The first-order valence-electron chi connectivity index (χ1n) is 9.07. The lowest BCUT2D eigenvalue weighted by Gasteiger charge is -2.27. The number of halogens is 1. The average molecular weight is 387 g/mol. The smallest absolute Gasteiger partial charge is 0.293 e. The molecule has 28 heavy (non-hydrogen) atoms. The molecule has 1 fully saturated rings. The number of hydrogen-bond donors (Lipinski definition) is 0. The minimum atomic E-state index is -0.472. The molecule has 0 N–H and O–H groups in total. The fourth-order valence-corrected chi connectivity index (χ4v) is 3.14. The van der Waals surface area contributed by atoms with Gasteiger partial charge in [-0.25, -0.2) is 4.39 Å². The summed E-state index contributed by atoms with van der Waals surface area (Å²) >= 11 is 0. The molecule has 1 heterocycles. The minimum absolute atomic E-state index is 0.110. The van der Waals surface area contributed by atoms with Crippen molar-refractivity contribution in [1.82, 2.24) is 4.90 Å². The van der Waals surface area contributed by atoms with Crippen LogP contribution in [0.2, 0.25) is 0 Å². The summed E-state index contributed by atoms with van der Waals surface area (Å²) in [6, 6.07) is 10.7. The highest BCUT2D eigenvalue weighted by Crippen LogP contribution is 2.29. The van der Waals surface area contributed by atoms with Gasteiger partial charge < -0.3 is 14.5 Å². The lowest BCUT2D eigenvalue weighted by Crippen LogP contribution is -2.40. The highest BCUT2D eigenvalue weighted by atomic mass is 19.1. The summed E-state index contributed by atoms with van der Waals surface area (Å²) in [5.74, 6) is -0.528. The van der Waals surface area contributed by atoms with E-state index in [1.54, 1.807) is 41.1 Å². The maximum atomic E-state index is 13.0. The number of nitro benzene ring substituents is 1. The Hall–Kier alpha value is -3.00. The molecule has 2 aromatic carbocycles. The molecule has 0 bridgehead atoms. The van der Waals surface area contributed by atoms with Crippen LogP contribution in [0.4, 0.5) is 15.8 Å². The van der Waals surface area contributed by atoms with Gasteiger partial charge in [-0.1, -0.05) is 12.1 Å². The number of likely N-dealkylation sites (N-methyl/N-ethyl adjacent to an activating group) is 1. The van der Waals surface area contributed by atoms with Gasteiger partial charge >= 0.3 is 0 Å². The van der Waals surface area contributed by atoms with Gasteiger partial charge in [-0.2, -0.15) is 0 Å². The molecule has 3 rings (SSSR count). The molecule has 1 amide bonds. The largest absolute Gasteiger partial charge is 0.378 e. The normalized spacial score (nSPS) is 14.0. The van der Waals surface area contributed by atoms with Crippen molar-refractivity contribution in [2.24, 2.45) is 0 Å². The van der Waals surface area contributed by atoms with Crippen LogP contribution >= 0.6 is 0 Å². The van der Waals surface area contributed by atoms with Gasteiger partial charge in [0.15, 0.2) is 0 Å². The van der Waals surface area contributed by atoms with Crippen molar-refractivity contribution in [3.05, 3.63) is 69.5 Å². The summed E-state index contributed by atoms with van der Waals surface area (Å²) in [6.45, 7) is 2.41.